The lowest BCUT2D eigenvalue weighted by Crippen LogP contribution is -2.42. The molecular formula is C19H18N4O6S2. The van der Waals surface area contributed by atoms with Gasteiger partial charge in [0, 0.05) is 12.1 Å². The number of amides is 1. The Morgan fingerprint density at radius 1 is 1.16 bits per heavy atom. The van der Waals surface area contributed by atoms with Crippen molar-refractivity contribution in [1.82, 2.24) is 14.5 Å². The van der Waals surface area contributed by atoms with E-state index in [0.29, 0.717) is 43.1 Å². The van der Waals surface area contributed by atoms with Crippen LogP contribution in [0.1, 0.15) is 12.8 Å². The number of fused-ring (bicyclic) bond motifs is 1. The summed E-state index contributed by atoms with van der Waals surface area (Å²) in [5.41, 5.74) is 0.611. The molecule has 12 heteroatoms. The highest BCUT2D eigenvalue weighted by Crippen LogP contribution is 2.34. The maximum absolute atomic E-state index is 12.9. The monoisotopic (exact) mass is 462 g/mol. The van der Waals surface area contributed by atoms with Crippen molar-refractivity contribution in [1.29, 1.82) is 0 Å². The number of hydrogen-bond donors (Lipinski definition) is 1. The highest BCUT2D eigenvalue weighted by atomic mass is 32.2. The maximum Gasteiger partial charge on any atom is 0.322 e. The minimum atomic E-state index is -3.73. The summed E-state index contributed by atoms with van der Waals surface area (Å²) in [7, 11) is -3.73. The number of hydrogen-bond acceptors (Lipinski definition) is 9. The highest BCUT2D eigenvalue weighted by Gasteiger charge is 2.40. The van der Waals surface area contributed by atoms with E-state index in [-0.39, 0.29) is 22.7 Å². The Morgan fingerprint density at radius 2 is 2.00 bits per heavy atom. The number of carbonyl (C=O) groups is 1. The molecule has 1 amide bonds. The third kappa shape index (κ3) is 3.77. The molecule has 0 unspecified atom stereocenters. The fourth-order valence-electron chi connectivity index (χ4n) is 3.57. The van der Waals surface area contributed by atoms with Crippen LogP contribution in [0.3, 0.4) is 0 Å². The lowest BCUT2D eigenvalue weighted by molar-refractivity contribution is -0.119. The van der Waals surface area contributed by atoms with Crippen molar-refractivity contribution < 1.29 is 27.1 Å². The Hall–Kier alpha value is -2.96. The van der Waals surface area contributed by atoms with E-state index in [0.717, 1.165) is 11.3 Å². The Bertz CT molecular complexity index is 1210. The molecule has 0 spiro atoms. The summed E-state index contributed by atoms with van der Waals surface area (Å²) in [6.07, 6.45) is 1.01. The summed E-state index contributed by atoms with van der Waals surface area (Å²) < 4.78 is 43.8. The summed E-state index contributed by atoms with van der Waals surface area (Å²) in [4.78, 5) is 12.8. The number of nitrogens with one attached hydrogen (secondary N) is 1. The summed E-state index contributed by atoms with van der Waals surface area (Å²) in [6, 6.07) is 7.48. The average Bonchev–Trinajstić information content (AvgIpc) is 3.55. The van der Waals surface area contributed by atoms with E-state index in [1.54, 1.807) is 29.6 Å². The lowest BCUT2D eigenvalue weighted by atomic mass is 10.2. The zero-order valence-corrected chi connectivity index (χ0v) is 17.8. The van der Waals surface area contributed by atoms with Gasteiger partial charge < -0.3 is 13.9 Å². The molecule has 3 aromatic rings. The van der Waals surface area contributed by atoms with Crippen LogP contribution in [0.4, 0.5) is 6.01 Å². The Balaban J connectivity index is 1.32. The van der Waals surface area contributed by atoms with E-state index in [4.69, 9.17) is 13.9 Å². The van der Waals surface area contributed by atoms with Crippen molar-refractivity contribution in [3.8, 4) is 23.0 Å². The van der Waals surface area contributed by atoms with Gasteiger partial charge in [0.2, 0.25) is 11.8 Å². The van der Waals surface area contributed by atoms with E-state index >= 15 is 0 Å². The molecular weight excluding hydrogens is 444 g/mol. The first-order valence-corrected chi connectivity index (χ1v) is 11.9. The van der Waals surface area contributed by atoms with Crippen LogP contribution >= 0.6 is 11.3 Å². The molecule has 162 valence electrons. The Labute approximate surface area is 181 Å². The van der Waals surface area contributed by atoms with E-state index < -0.39 is 22.0 Å². The molecule has 0 radical (unpaired) electrons. The maximum atomic E-state index is 12.9. The molecule has 0 bridgehead atoms. The number of aromatic nitrogens is 2. The number of sulfonamides is 1. The lowest BCUT2D eigenvalue weighted by Gasteiger charge is -2.21. The molecule has 0 aliphatic carbocycles. The van der Waals surface area contributed by atoms with Gasteiger partial charge in [-0.25, -0.2) is 8.42 Å². The van der Waals surface area contributed by atoms with Gasteiger partial charge in [-0.3, -0.25) is 10.1 Å². The fourth-order valence-corrected chi connectivity index (χ4v) is 6.35. The van der Waals surface area contributed by atoms with E-state index in [9.17, 15) is 13.2 Å². The zero-order valence-electron chi connectivity index (χ0n) is 16.2. The summed E-state index contributed by atoms with van der Waals surface area (Å²) in [5, 5.41) is 12.1. The van der Waals surface area contributed by atoms with Gasteiger partial charge in [0.15, 0.2) is 11.5 Å². The first kappa shape index (κ1) is 20.0. The van der Waals surface area contributed by atoms with Crippen LogP contribution < -0.4 is 14.8 Å². The number of nitrogens with zero attached hydrogens (tertiary/aromatic N) is 3. The smallest absolute Gasteiger partial charge is 0.322 e. The summed E-state index contributed by atoms with van der Waals surface area (Å²) >= 11 is 1.12. The number of thiophene rings is 1. The largest absolute Gasteiger partial charge is 0.486 e. The molecule has 0 saturated carbocycles. The SMILES string of the molecule is O=C(Nc1nnc(-c2ccc3c(c2)OCCO3)o1)[C@H]1CCCN1S(=O)(=O)c1cccs1. The van der Waals surface area contributed by atoms with Crippen molar-refractivity contribution in [2.45, 2.75) is 23.1 Å². The van der Waals surface area contributed by atoms with E-state index in [1.165, 1.54) is 10.4 Å². The van der Waals surface area contributed by atoms with Gasteiger partial charge in [0.1, 0.15) is 23.5 Å². The number of benzene rings is 1. The fraction of sp³-hybridized carbons (Fsp3) is 0.316. The molecule has 4 heterocycles. The molecule has 1 fully saturated rings. The van der Waals surface area contributed by atoms with Crippen molar-refractivity contribution in [2.75, 3.05) is 25.1 Å². The molecule has 5 rings (SSSR count). The third-order valence-electron chi connectivity index (χ3n) is 5.01. The molecule has 31 heavy (non-hydrogen) atoms. The molecule has 1 atom stereocenters. The van der Waals surface area contributed by atoms with Crippen LogP contribution in [0.5, 0.6) is 11.5 Å². The van der Waals surface area contributed by atoms with Crippen LogP contribution in [0, 0.1) is 0 Å². The van der Waals surface area contributed by atoms with Crippen molar-refractivity contribution in [3.05, 3.63) is 35.7 Å². The van der Waals surface area contributed by atoms with Gasteiger partial charge >= 0.3 is 6.01 Å². The molecule has 2 aromatic heterocycles. The predicted octanol–water partition coefficient (Wildman–Crippen LogP) is 2.36. The second-order valence-electron chi connectivity index (χ2n) is 6.97. The molecule has 1 aromatic carbocycles. The van der Waals surface area contributed by atoms with Gasteiger partial charge in [-0.2, -0.15) is 4.31 Å². The quantitative estimate of drug-likeness (QED) is 0.613. The standard InChI is InChI=1S/C19H18N4O6S2/c24-17(13-3-1-7-23(13)31(25,26)16-4-2-10-30-16)20-19-22-21-18(29-19)12-5-6-14-15(11-12)28-9-8-27-14/h2,4-6,10-11,13H,1,3,7-9H2,(H,20,22,24)/t13-/m1/s1. The summed E-state index contributed by atoms with van der Waals surface area (Å²) in [6.45, 7) is 1.22. The van der Waals surface area contributed by atoms with Gasteiger partial charge in [-0.15, -0.1) is 16.4 Å². The van der Waals surface area contributed by atoms with E-state index in [2.05, 4.69) is 15.5 Å². The van der Waals surface area contributed by atoms with Gasteiger partial charge in [-0.1, -0.05) is 11.2 Å². The molecule has 2 aliphatic rings. The second-order valence-corrected chi connectivity index (χ2v) is 10.0. The highest BCUT2D eigenvalue weighted by molar-refractivity contribution is 7.91. The number of carbonyl (C=O) groups excluding carboxylic acids is 1. The second kappa shape index (κ2) is 7.94. The third-order valence-corrected chi connectivity index (χ3v) is 8.29. The predicted molar refractivity (Wildman–Crippen MR) is 111 cm³/mol. The first-order valence-electron chi connectivity index (χ1n) is 9.62. The molecule has 2 aliphatic heterocycles. The minimum Gasteiger partial charge on any atom is -0.486 e. The minimum absolute atomic E-state index is 0.102. The topological polar surface area (TPSA) is 124 Å². The van der Waals surface area contributed by atoms with Crippen molar-refractivity contribution >= 4 is 33.3 Å². The van der Waals surface area contributed by atoms with Crippen molar-refractivity contribution in [2.24, 2.45) is 0 Å². The van der Waals surface area contributed by atoms with Crippen molar-refractivity contribution in [3.63, 3.8) is 0 Å². The number of rotatable bonds is 5. The average molecular weight is 463 g/mol. The van der Waals surface area contributed by atoms with Crippen LogP contribution in [-0.4, -0.2) is 54.6 Å². The Kier molecular flexibility index (Phi) is 5.12. The molecule has 10 nitrogen and oxygen atoms in total. The Morgan fingerprint density at radius 3 is 2.81 bits per heavy atom. The van der Waals surface area contributed by atoms with E-state index in [1.807, 2.05) is 0 Å². The number of ether oxygens (including phenoxy) is 2. The summed E-state index contributed by atoms with van der Waals surface area (Å²) in [5.74, 6) is 0.904. The van der Waals surface area contributed by atoms with Gasteiger partial charge in [-0.05, 0) is 42.5 Å². The van der Waals surface area contributed by atoms with Gasteiger partial charge in [0.05, 0.1) is 0 Å². The van der Waals surface area contributed by atoms with Crippen LogP contribution in [0.2, 0.25) is 0 Å². The van der Waals surface area contributed by atoms with Crippen LogP contribution in [0.25, 0.3) is 11.5 Å². The number of anilines is 1. The van der Waals surface area contributed by atoms with Crippen LogP contribution in [0.15, 0.2) is 44.3 Å². The normalized spacial score (nSPS) is 18.8. The van der Waals surface area contributed by atoms with Crippen LogP contribution in [-0.2, 0) is 14.8 Å². The van der Waals surface area contributed by atoms with Gasteiger partial charge in [0.25, 0.3) is 10.0 Å². The molecule has 1 N–H and O–H groups in total. The molecule has 1 saturated heterocycles. The zero-order chi connectivity index (χ0) is 21.4. The first-order chi connectivity index (χ1) is 15.0.